The zero-order valence-electron chi connectivity index (χ0n) is 9.77. The monoisotopic (exact) mass is 285 g/mol. The highest BCUT2D eigenvalue weighted by Crippen LogP contribution is 2.31. The number of imidazole rings is 1. The number of aliphatic hydroxyl groups is 2. The smallest absolute Gasteiger partial charge is 0.223 e. The van der Waals surface area contributed by atoms with Gasteiger partial charge in [-0.1, -0.05) is 11.6 Å². The van der Waals surface area contributed by atoms with Crippen LogP contribution >= 0.6 is 11.6 Å². The Morgan fingerprint density at radius 1 is 1.53 bits per heavy atom. The summed E-state index contributed by atoms with van der Waals surface area (Å²) in [5.74, 6) is 0.0384. The average Bonchev–Trinajstić information content (AvgIpc) is 2.92. The minimum Gasteiger partial charge on any atom is -0.394 e. The number of hydrogen-bond donors (Lipinski definition) is 3. The summed E-state index contributed by atoms with van der Waals surface area (Å²) in [6.07, 6.45) is 0.0155. The van der Waals surface area contributed by atoms with Crippen LogP contribution in [0.3, 0.4) is 0 Å². The number of nitrogens with two attached hydrogens (primary N) is 1. The maximum atomic E-state index is 9.74. The largest absolute Gasteiger partial charge is 0.394 e. The lowest BCUT2D eigenvalue weighted by Gasteiger charge is -2.13. The molecule has 1 unspecified atom stereocenters. The van der Waals surface area contributed by atoms with E-state index in [-0.39, 0.29) is 17.7 Å². The molecule has 0 radical (unpaired) electrons. The van der Waals surface area contributed by atoms with Crippen molar-refractivity contribution in [2.45, 2.75) is 24.9 Å². The van der Waals surface area contributed by atoms with Crippen LogP contribution in [0.4, 0.5) is 5.95 Å². The van der Waals surface area contributed by atoms with Crippen molar-refractivity contribution in [3.05, 3.63) is 11.5 Å². The summed E-state index contributed by atoms with van der Waals surface area (Å²) in [6.45, 7) is -0.248. The molecule has 1 saturated heterocycles. The van der Waals surface area contributed by atoms with Gasteiger partial charge in [0.2, 0.25) is 5.95 Å². The number of aromatic nitrogens is 4. The molecule has 102 valence electrons. The lowest BCUT2D eigenvalue weighted by Crippen LogP contribution is -2.24. The lowest BCUT2D eigenvalue weighted by molar-refractivity contribution is -0.0432. The van der Waals surface area contributed by atoms with Crippen molar-refractivity contribution in [2.24, 2.45) is 0 Å². The van der Waals surface area contributed by atoms with Crippen molar-refractivity contribution in [1.82, 2.24) is 19.5 Å². The Balaban J connectivity index is 2.02. The molecule has 3 heterocycles. The van der Waals surface area contributed by atoms with Gasteiger partial charge in [-0.2, -0.15) is 9.97 Å². The number of rotatable bonds is 2. The summed E-state index contributed by atoms with van der Waals surface area (Å²) >= 11 is 5.93. The van der Waals surface area contributed by atoms with Gasteiger partial charge in [-0.05, 0) is 0 Å². The van der Waals surface area contributed by atoms with Crippen molar-refractivity contribution >= 4 is 28.7 Å². The van der Waals surface area contributed by atoms with Crippen LogP contribution in [0.2, 0.25) is 5.15 Å². The van der Waals surface area contributed by atoms with Gasteiger partial charge in [0.25, 0.3) is 0 Å². The van der Waals surface area contributed by atoms with Gasteiger partial charge >= 0.3 is 0 Å². The lowest BCUT2D eigenvalue weighted by atomic mass is 10.2. The standard InChI is InChI=1S/C10H12ClN5O3/c11-8-7-9(15-10(12)14-8)16(3-13-7)6-1-4(18)5(2-17)19-6/h3-6,17-18H,1-2H2,(H2,12,14,15)/t4?,5-,6-/m1/s1. The number of halogens is 1. The Hall–Kier alpha value is -1.48. The third kappa shape index (κ3) is 2.02. The molecule has 0 bridgehead atoms. The molecule has 2 aromatic heterocycles. The second-order valence-electron chi connectivity index (χ2n) is 4.31. The summed E-state index contributed by atoms with van der Waals surface area (Å²) in [5, 5.41) is 19.0. The van der Waals surface area contributed by atoms with E-state index in [0.717, 1.165) is 0 Å². The van der Waals surface area contributed by atoms with Crippen LogP contribution in [0, 0.1) is 0 Å². The highest BCUT2D eigenvalue weighted by molar-refractivity contribution is 6.33. The van der Waals surface area contributed by atoms with E-state index >= 15 is 0 Å². The number of fused-ring (bicyclic) bond motifs is 1. The summed E-state index contributed by atoms with van der Waals surface area (Å²) in [7, 11) is 0. The van der Waals surface area contributed by atoms with Gasteiger partial charge in [0, 0.05) is 6.42 Å². The van der Waals surface area contributed by atoms with Crippen LogP contribution < -0.4 is 5.73 Å². The van der Waals surface area contributed by atoms with E-state index in [9.17, 15) is 5.11 Å². The first-order valence-electron chi connectivity index (χ1n) is 5.70. The number of anilines is 1. The molecular weight excluding hydrogens is 274 g/mol. The Morgan fingerprint density at radius 2 is 2.32 bits per heavy atom. The summed E-state index contributed by atoms with van der Waals surface area (Å²) in [4.78, 5) is 12.0. The Morgan fingerprint density at radius 3 is 3.00 bits per heavy atom. The number of nitrogen functional groups attached to an aromatic ring is 1. The van der Waals surface area contributed by atoms with Crippen LogP contribution in [0.5, 0.6) is 0 Å². The number of ether oxygens (including phenoxy) is 1. The first-order chi connectivity index (χ1) is 9.10. The van der Waals surface area contributed by atoms with E-state index < -0.39 is 18.4 Å². The van der Waals surface area contributed by atoms with Gasteiger partial charge in [0.05, 0.1) is 19.0 Å². The Kier molecular flexibility index (Phi) is 3.02. The third-order valence-electron chi connectivity index (χ3n) is 3.09. The average molecular weight is 286 g/mol. The van der Waals surface area contributed by atoms with Crippen LogP contribution in [0.1, 0.15) is 12.6 Å². The molecule has 1 aliphatic heterocycles. The number of hydrogen-bond acceptors (Lipinski definition) is 7. The van der Waals surface area contributed by atoms with Gasteiger partial charge in [-0.25, -0.2) is 4.98 Å². The van der Waals surface area contributed by atoms with Crippen LogP contribution in [0.15, 0.2) is 6.33 Å². The zero-order valence-corrected chi connectivity index (χ0v) is 10.5. The van der Waals surface area contributed by atoms with Crippen molar-refractivity contribution < 1.29 is 14.9 Å². The van der Waals surface area contributed by atoms with Gasteiger partial charge in [0.15, 0.2) is 10.8 Å². The highest BCUT2D eigenvalue weighted by Gasteiger charge is 2.35. The normalized spacial score (nSPS) is 27.2. The molecule has 4 N–H and O–H groups in total. The minimum atomic E-state index is -0.734. The first kappa shape index (κ1) is 12.5. The molecule has 0 aromatic carbocycles. The van der Waals surface area contributed by atoms with E-state index in [2.05, 4.69) is 15.0 Å². The second kappa shape index (κ2) is 4.57. The third-order valence-corrected chi connectivity index (χ3v) is 3.35. The van der Waals surface area contributed by atoms with Crippen LogP contribution in [-0.2, 0) is 4.74 Å². The molecule has 0 saturated carbocycles. The molecular formula is C10H12ClN5O3. The van der Waals surface area contributed by atoms with Crippen LogP contribution in [0.25, 0.3) is 11.2 Å². The minimum absolute atomic E-state index is 0.0384. The Labute approximate surface area is 112 Å². The summed E-state index contributed by atoms with van der Waals surface area (Å²) < 4.78 is 7.16. The predicted octanol–water partition coefficient (Wildman–Crippen LogP) is -0.297. The maximum absolute atomic E-state index is 9.74. The molecule has 9 heteroatoms. The molecule has 0 amide bonds. The number of aliphatic hydroxyl groups excluding tert-OH is 2. The topological polar surface area (TPSA) is 119 Å². The second-order valence-corrected chi connectivity index (χ2v) is 4.67. The maximum Gasteiger partial charge on any atom is 0.223 e. The fourth-order valence-corrected chi connectivity index (χ4v) is 2.38. The molecule has 19 heavy (non-hydrogen) atoms. The SMILES string of the molecule is Nc1nc(Cl)c2ncn([C@H]3CC(O)[C@@H](CO)O3)c2n1. The van der Waals surface area contributed by atoms with Gasteiger partial charge in [-0.15, -0.1) is 0 Å². The first-order valence-corrected chi connectivity index (χ1v) is 6.08. The Bertz CT molecular complexity index is 618. The van der Waals surface area contributed by atoms with Crippen molar-refractivity contribution in [1.29, 1.82) is 0 Å². The van der Waals surface area contributed by atoms with Crippen molar-refractivity contribution in [3.63, 3.8) is 0 Å². The summed E-state index contributed by atoms with van der Waals surface area (Å²) in [6, 6.07) is 0. The molecule has 0 spiro atoms. The molecule has 3 rings (SSSR count). The molecule has 1 fully saturated rings. The van der Waals surface area contributed by atoms with E-state index in [1.54, 1.807) is 4.57 Å². The molecule has 1 aliphatic rings. The molecule has 3 atom stereocenters. The zero-order chi connectivity index (χ0) is 13.6. The van der Waals surface area contributed by atoms with Gasteiger partial charge < -0.3 is 20.7 Å². The van der Waals surface area contributed by atoms with Crippen molar-refractivity contribution in [3.8, 4) is 0 Å². The van der Waals surface area contributed by atoms with Crippen LogP contribution in [-0.4, -0.2) is 48.5 Å². The van der Waals surface area contributed by atoms with Gasteiger partial charge in [-0.3, -0.25) is 4.57 Å². The van der Waals surface area contributed by atoms with E-state index in [4.69, 9.17) is 27.2 Å². The molecule has 2 aromatic rings. The van der Waals surface area contributed by atoms with E-state index in [1.807, 2.05) is 0 Å². The molecule has 0 aliphatic carbocycles. The highest BCUT2D eigenvalue weighted by atomic mass is 35.5. The predicted molar refractivity (Wildman–Crippen MR) is 66.4 cm³/mol. The fourth-order valence-electron chi connectivity index (χ4n) is 2.16. The summed E-state index contributed by atoms with van der Waals surface area (Å²) in [5.41, 5.74) is 6.41. The van der Waals surface area contributed by atoms with E-state index in [1.165, 1.54) is 6.33 Å². The fraction of sp³-hybridized carbons (Fsp3) is 0.500. The van der Waals surface area contributed by atoms with Crippen molar-refractivity contribution in [2.75, 3.05) is 12.3 Å². The van der Waals surface area contributed by atoms with E-state index in [0.29, 0.717) is 17.6 Å². The van der Waals surface area contributed by atoms with Gasteiger partial charge in [0.1, 0.15) is 17.8 Å². The quantitative estimate of drug-likeness (QED) is 0.648. The molecule has 8 nitrogen and oxygen atoms in total. The number of nitrogens with zero attached hydrogens (tertiary/aromatic N) is 4.